The molecule has 0 fully saturated rings. The van der Waals surface area contributed by atoms with E-state index in [1.807, 2.05) is 0 Å². The Morgan fingerprint density at radius 1 is 1.29 bits per heavy atom. The second kappa shape index (κ2) is 4.49. The summed E-state index contributed by atoms with van der Waals surface area (Å²) in [7, 11) is 0. The van der Waals surface area contributed by atoms with Gasteiger partial charge < -0.3 is 0 Å². The number of hydrogen-bond donors (Lipinski definition) is 0. The number of hydrogen-bond acceptors (Lipinski definition) is 1. The Balaban J connectivity index is 2.27. The van der Waals surface area contributed by atoms with Gasteiger partial charge in [0.15, 0.2) is 0 Å². The van der Waals surface area contributed by atoms with Gasteiger partial charge in [-0.1, -0.05) is 0 Å². The van der Waals surface area contributed by atoms with Gasteiger partial charge in [0.05, 0.1) is 0 Å². The van der Waals surface area contributed by atoms with E-state index in [9.17, 15) is 0 Å². The summed E-state index contributed by atoms with van der Waals surface area (Å²) in [6.07, 6.45) is 2.56. The Morgan fingerprint density at radius 3 is 2.86 bits per heavy atom. The quantitative estimate of drug-likeness (QED) is 0.763. The van der Waals surface area contributed by atoms with Crippen molar-refractivity contribution in [2.45, 2.75) is 24.1 Å². The van der Waals surface area contributed by atoms with E-state index in [1.54, 1.807) is 0 Å². The average Bonchev–Trinajstić information content (AvgIpc) is 2.18. The van der Waals surface area contributed by atoms with E-state index in [-0.39, 0.29) is 20.9 Å². The van der Waals surface area contributed by atoms with Crippen molar-refractivity contribution in [3.8, 4) is 0 Å². The van der Waals surface area contributed by atoms with Gasteiger partial charge in [0.25, 0.3) is 0 Å². The molecule has 0 bridgehead atoms. The van der Waals surface area contributed by atoms with Crippen molar-refractivity contribution in [1.82, 2.24) is 0 Å². The third-order valence-electron chi connectivity index (χ3n) is 2.10. The van der Waals surface area contributed by atoms with Crippen molar-refractivity contribution < 1.29 is 4.74 Å². The zero-order valence-corrected chi connectivity index (χ0v) is 10.8. The van der Waals surface area contributed by atoms with E-state index in [1.165, 1.54) is 11.1 Å². The summed E-state index contributed by atoms with van der Waals surface area (Å²) in [5.74, 6) is 0. The normalized spacial score (nSPS) is 19.8. The first-order chi connectivity index (χ1) is 6.77. The monoisotopic (exact) mass is 304 g/mol. The van der Waals surface area contributed by atoms with Crippen LogP contribution in [-0.4, -0.2) is 27.0 Å². The second-order valence-corrected chi connectivity index (χ2v) is 6.36. The van der Waals surface area contributed by atoms with Gasteiger partial charge in [0.1, 0.15) is 0 Å². The maximum atomic E-state index is 5.92. The van der Waals surface area contributed by atoms with Gasteiger partial charge >= 0.3 is 95.4 Å². The van der Waals surface area contributed by atoms with E-state index in [0.717, 1.165) is 0 Å². The van der Waals surface area contributed by atoms with Gasteiger partial charge in [-0.15, -0.1) is 0 Å². The molecule has 2 heteroatoms. The van der Waals surface area contributed by atoms with Crippen molar-refractivity contribution in [2.75, 3.05) is 0 Å². The van der Waals surface area contributed by atoms with Crippen LogP contribution in [0.4, 0.5) is 0 Å². The van der Waals surface area contributed by atoms with Crippen LogP contribution in [-0.2, 0) is 4.74 Å². The fourth-order valence-corrected chi connectivity index (χ4v) is 4.39. The Hall–Kier alpha value is -0.290. The molecular formula is C12H14OTe. The van der Waals surface area contributed by atoms with Crippen LogP contribution < -0.4 is 0 Å². The molecule has 74 valence electrons. The Kier molecular flexibility index (Phi) is 3.28. The molecule has 1 unspecified atom stereocenters. The molecule has 0 radical (unpaired) electrons. The summed E-state index contributed by atoms with van der Waals surface area (Å²) in [5, 5.41) is 0. The first kappa shape index (κ1) is 10.2. The van der Waals surface area contributed by atoms with Crippen LogP contribution in [0.3, 0.4) is 0 Å². The molecule has 0 spiro atoms. The fourth-order valence-electron chi connectivity index (χ4n) is 1.49. The topological polar surface area (TPSA) is 9.23 Å². The van der Waals surface area contributed by atoms with Gasteiger partial charge in [-0.05, 0) is 0 Å². The third kappa shape index (κ3) is 2.20. The van der Waals surface area contributed by atoms with Gasteiger partial charge in [0.2, 0.25) is 0 Å². The van der Waals surface area contributed by atoms with Crippen molar-refractivity contribution in [3.05, 3.63) is 39.5 Å². The Labute approximate surface area is 95.2 Å². The number of ether oxygens (including phenoxy) is 1. The van der Waals surface area contributed by atoms with Crippen LogP contribution in [0.15, 0.2) is 28.4 Å². The van der Waals surface area contributed by atoms with Gasteiger partial charge in [0, 0.05) is 0 Å². The molecule has 0 saturated heterocycles. The van der Waals surface area contributed by atoms with Gasteiger partial charge in [-0.2, -0.15) is 0 Å². The van der Waals surface area contributed by atoms with E-state index in [4.69, 9.17) is 4.74 Å². The van der Waals surface area contributed by atoms with Gasteiger partial charge in [-0.25, -0.2) is 0 Å². The predicted molar refractivity (Wildman–Crippen MR) is 60.2 cm³/mol. The van der Waals surface area contributed by atoms with E-state index in [0.29, 0.717) is 10.3 Å². The van der Waals surface area contributed by atoms with E-state index < -0.39 is 0 Å². The molecule has 1 heterocycles. The first-order valence-electron chi connectivity index (χ1n) is 4.84. The molecular weight excluding hydrogens is 288 g/mol. The molecule has 1 aliphatic heterocycles. The third-order valence-corrected chi connectivity index (χ3v) is 4.68. The van der Waals surface area contributed by atoms with Crippen LogP contribution in [0.1, 0.15) is 29.1 Å². The molecule has 0 aliphatic carbocycles. The summed E-state index contributed by atoms with van der Waals surface area (Å²) in [4.78, 5) is 0. The molecule has 1 aromatic carbocycles. The second-order valence-electron chi connectivity index (χ2n) is 3.58. The standard InChI is InChI=1S/C12H14OTe/c1-9(2)13-12-11-6-4-3-5-10(11)7-8-14-12/h3-9,12H,1-2H3. The summed E-state index contributed by atoms with van der Waals surface area (Å²) < 4.78 is 8.62. The van der Waals surface area contributed by atoms with Crippen LogP contribution in [0.2, 0.25) is 0 Å². The Morgan fingerprint density at radius 2 is 2.07 bits per heavy atom. The number of benzene rings is 1. The minimum atomic E-state index is -0.153. The van der Waals surface area contributed by atoms with Crippen LogP contribution in [0, 0.1) is 0 Å². The van der Waals surface area contributed by atoms with Crippen molar-refractivity contribution >= 4 is 27.0 Å². The molecule has 1 aromatic rings. The zero-order chi connectivity index (χ0) is 9.97. The molecule has 0 amide bonds. The minimum absolute atomic E-state index is 0.153. The summed E-state index contributed by atoms with van der Waals surface area (Å²) >= 11 is -0.153. The molecule has 0 N–H and O–H groups in total. The maximum absolute atomic E-state index is 5.92. The molecule has 1 atom stereocenters. The fraction of sp³-hybridized carbons (Fsp3) is 0.333. The zero-order valence-electron chi connectivity index (χ0n) is 8.44. The molecule has 1 aliphatic rings. The van der Waals surface area contributed by atoms with E-state index in [2.05, 4.69) is 48.3 Å². The van der Waals surface area contributed by atoms with E-state index >= 15 is 0 Å². The van der Waals surface area contributed by atoms with Crippen LogP contribution in [0.25, 0.3) is 6.08 Å². The molecule has 0 aromatic heterocycles. The van der Waals surface area contributed by atoms with Crippen molar-refractivity contribution in [2.24, 2.45) is 0 Å². The van der Waals surface area contributed by atoms with Crippen molar-refractivity contribution in [1.29, 1.82) is 0 Å². The average molecular weight is 302 g/mol. The predicted octanol–water partition coefficient (Wildman–Crippen LogP) is 2.80. The van der Waals surface area contributed by atoms with Crippen LogP contribution >= 0.6 is 0 Å². The number of fused-ring (bicyclic) bond motifs is 1. The SMILES string of the molecule is CC(C)OC1[Te]C=Cc2ccccc21. The summed E-state index contributed by atoms with van der Waals surface area (Å²) in [6.45, 7) is 4.21. The summed E-state index contributed by atoms with van der Waals surface area (Å²) in [6, 6.07) is 8.54. The summed E-state index contributed by atoms with van der Waals surface area (Å²) in [5.41, 5.74) is 2.71. The first-order valence-corrected chi connectivity index (χ1v) is 7.53. The molecule has 14 heavy (non-hydrogen) atoms. The number of rotatable bonds is 2. The molecule has 1 nitrogen and oxygen atoms in total. The molecule has 2 rings (SSSR count). The van der Waals surface area contributed by atoms with Crippen molar-refractivity contribution in [3.63, 3.8) is 0 Å². The van der Waals surface area contributed by atoms with Crippen LogP contribution in [0.5, 0.6) is 0 Å². The van der Waals surface area contributed by atoms with Gasteiger partial charge in [-0.3, -0.25) is 0 Å². The Bertz CT molecular complexity index is 344. The molecule has 0 saturated carbocycles.